The minimum atomic E-state index is 1.18. The minimum absolute atomic E-state index is 1.18. The largest absolute Gasteiger partial charge is 0.246 e. The predicted molar refractivity (Wildman–Crippen MR) is 84.7 cm³/mol. The molecule has 3 rings (SSSR count). The fourth-order valence-corrected chi connectivity index (χ4v) is 2.13. The zero-order valence-electron chi connectivity index (χ0n) is 12.2. The molecule has 0 aliphatic heterocycles. The molecule has 0 spiro atoms. The first-order valence-electron chi connectivity index (χ1n) is 7.22. The number of benzene rings is 2. The van der Waals surface area contributed by atoms with Gasteiger partial charge >= 0.3 is 0 Å². The molecule has 2 aromatic carbocycles. The molecular weight excluding hydrogens is 260 g/mol. The van der Waals surface area contributed by atoms with E-state index in [0.29, 0.717) is 0 Å². The number of hydrogen-bond acceptors (Lipinski definition) is 3. The van der Waals surface area contributed by atoms with Crippen molar-refractivity contribution in [2.24, 2.45) is 0 Å². The highest BCUT2D eigenvalue weighted by Gasteiger charge is 2.02. The zero-order valence-corrected chi connectivity index (χ0v) is 12.2. The Morgan fingerprint density at radius 3 is 2.33 bits per heavy atom. The van der Waals surface area contributed by atoms with Crippen LogP contribution in [-0.2, 0) is 6.42 Å². The second-order valence-corrected chi connectivity index (χ2v) is 4.69. The van der Waals surface area contributed by atoms with Gasteiger partial charge in [0.25, 0.3) is 0 Å². The lowest BCUT2D eigenvalue weighted by Crippen LogP contribution is -1.89. The summed E-state index contributed by atoms with van der Waals surface area (Å²) in [5.41, 5.74) is 4.18. The molecule has 0 unspecified atom stereocenters. The number of unbranched alkanes of at least 4 members (excludes halogenated alkanes) is 1. The summed E-state index contributed by atoms with van der Waals surface area (Å²) in [6.07, 6.45) is 5.11. The van der Waals surface area contributed by atoms with Gasteiger partial charge in [0.05, 0.1) is 0 Å². The molecule has 108 valence electrons. The van der Waals surface area contributed by atoms with E-state index in [-0.39, 0.29) is 0 Å². The number of tetrazole rings is 1. The van der Waals surface area contributed by atoms with Gasteiger partial charge in [-0.1, -0.05) is 67.9 Å². The Morgan fingerprint density at radius 2 is 1.71 bits per heavy atom. The number of aryl methyl sites for hydroxylation is 1. The van der Waals surface area contributed by atoms with Gasteiger partial charge in [-0.05, 0) is 40.0 Å². The van der Waals surface area contributed by atoms with Crippen molar-refractivity contribution >= 4 is 0 Å². The van der Waals surface area contributed by atoms with E-state index in [1.54, 1.807) is 0 Å². The fraction of sp³-hybridized carbons (Fsp3) is 0.235. The van der Waals surface area contributed by atoms with Gasteiger partial charge < -0.3 is 0 Å². The summed E-state index contributed by atoms with van der Waals surface area (Å²) in [6, 6.07) is 19.4. The molecule has 0 saturated heterocycles. The molecule has 0 saturated carbocycles. The van der Waals surface area contributed by atoms with E-state index in [1.807, 2.05) is 0 Å². The lowest BCUT2D eigenvalue weighted by atomic mass is 9.96. The van der Waals surface area contributed by atoms with Gasteiger partial charge in [-0.15, -0.1) is 5.10 Å². The number of H-pyrrole nitrogens is 1. The molecule has 0 atom stereocenters. The molecule has 0 aliphatic rings. The van der Waals surface area contributed by atoms with Crippen molar-refractivity contribution in [2.75, 3.05) is 0 Å². The Kier molecular flexibility index (Phi) is 6.13. The van der Waals surface area contributed by atoms with Gasteiger partial charge in [-0.25, -0.2) is 5.10 Å². The summed E-state index contributed by atoms with van der Waals surface area (Å²) in [7, 11) is 0. The van der Waals surface area contributed by atoms with E-state index in [4.69, 9.17) is 0 Å². The van der Waals surface area contributed by atoms with Crippen LogP contribution in [0.5, 0.6) is 0 Å². The highest BCUT2D eigenvalue weighted by molar-refractivity contribution is 5.67. The third-order valence-electron chi connectivity index (χ3n) is 3.17. The normalized spacial score (nSPS) is 9.76. The van der Waals surface area contributed by atoms with Crippen LogP contribution in [0.4, 0.5) is 0 Å². The SMILES string of the molecule is CCCCc1ccccc1-c1ccccc1.c1nnn[nH]1. The molecular formula is C17H20N4. The monoisotopic (exact) mass is 280 g/mol. The van der Waals surface area contributed by atoms with E-state index in [9.17, 15) is 0 Å². The molecule has 1 heterocycles. The minimum Gasteiger partial charge on any atom is -0.246 e. The van der Waals surface area contributed by atoms with Gasteiger partial charge in [0.15, 0.2) is 0 Å². The second kappa shape index (κ2) is 8.64. The zero-order chi connectivity index (χ0) is 14.8. The molecule has 4 heteroatoms. The molecule has 0 bridgehead atoms. The van der Waals surface area contributed by atoms with Crippen molar-refractivity contribution < 1.29 is 0 Å². The van der Waals surface area contributed by atoms with Crippen molar-refractivity contribution in [3.63, 3.8) is 0 Å². The number of aromatic amines is 1. The third kappa shape index (κ3) is 4.84. The van der Waals surface area contributed by atoms with Crippen LogP contribution in [-0.4, -0.2) is 20.6 Å². The Hall–Kier alpha value is -2.49. The average molecular weight is 280 g/mol. The van der Waals surface area contributed by atoms with Crippen LogP contribution in [0, 0.1) is 0 Å². The molecule has 4 nitrogen and oxygen atoms in total. The molecule has 0 amide bonds. The van der Waals surface area contributed by atoms with Gasteiger partial charge in [0.1, 0.15) is 6.33 Å². The topological polar surface area (TPSA) is 54.5 Å². The van der Waals surface area contributed by atoms with Crippen molar-refractivity contribution in [1.82, 2.24) is 20.6 Å². The summed E-state index contributed by atoms with van der Waals surface area (Å²) in [6.45, 7) is 2.24. The van der Waals surface area contributed by atoms with Gasteiger partial charge in [-0.3, -0.25) is 0 Å². The number of aromatic nitrogens is 4. The molecule has 0 aliphatic carbocycles. The van der Waals surface area contributed by atoms with Gasteiger partial charge in [0.2, 0.25) is 0 Å². The quantitative estimate of drug-likeness (QED) is 0.788. The third-order valence-corrected chi connectivity index (χ3v) is 3.17. The Balaban J connectivity index is 0.000000272. The van der Waals surface area contributed by atoms with E-state index in [1.165, 1.54) is 42.3 Å². The molecule has 1 N–H and O–H groups in total. The summed E-state index contributed by atoms with van der Waals surface area (Å²) < 4.78 is 0. The fourth-order valence-electron chi connectivity index (χ4n) is 2.13. The Bertz CT molecular complexity index is 589. The first kappa shape index (κ1) is 14.9. The van der Waals surface area contributed by atoms with E-state index in [0.717, 1.165) is 0 Å². The second-order valence-electron chi connectivity index (χ2n) is 4.69. The maximum Gasteiger partial charge on any atom is 0.135 e. The van der Waals surface area contributed by atoms with Crippen LogP contribution in [0.15, 0.2) is 60.9 Å². The standard InChI is InChI=1S/C16H18.CH2N4/c1-2-3-9-14-12-7-8-13-16(14)15-10-5-4-6-11-15;1-2-4-5-3-1/h4-8,10-13H,2-3,9H2,1H3;1H,(H,2,3,4,5). The summed E-state index contributed by atoms with van der Waals surface area (Å²) in [5, 5.41) is 12.1. The Labute approximate surface area is 125 Å². The summed E-state index contributed by atoms with van der Waals surface area (Å²) >= 11 is 0. The summed E-state index contributed by atoms with van der Waals surface area (Å²) in [4.78, 5) is 0. The lowest BCUT2D eigenvalue weighted by Gasteiger charge is -2.08. The highest BCUT2D eigenvalue weighted by atomic mass is 15.5. The molecule has 21 heavy (non-hydrogen) atoms. The Morgan fingerprint density at radius 1 is 0.952 bits per heavy atom. The van der Waals surface area contributed by atoms with Crippen LogP contribution in [0.25, 0.3) is 11.1 Å². The van der Waals surface area contributed by atoms with Crippen LogP contribution < -0.4 is 0 Å². The molecule has 3 aromatic rings. The van der Waals surface area contributed by atoms with E-state index >= 15 is 0 Å². The molecule has 0 fully saturated rings. The summed E-state index contributed by atoms with van der Waals surface area (Å²) in [5.74, 6) is 0. The molecule has 0 radical (unpaired) electrons. The van der Waals surface area contributed by atoms with Crippen molar-refractivity contribution in [1.29, 1.82) is 0 Å². The molecule has 1 aromatic heterocycles. The number of rotatable bonds is 4. The smallest absolute Gasteiger partial charge is 0.135 e. The number of hydrogen-bond donors (Lipinski definition) is 1. The predicted octanol–water partition coefficient (Wildman–Crippen LogP) is 3.90. The maximum absolute atomic E-state index is 3.31. The maximum atomic E-state index is 3.31. The number of nitrogens with one attached hydrogen (secondary N) is 1. The van der Waals surface area contributed by atoms with Gasteiger partial charge in [0, 0.05) is 0 Å². The van der Waals surface area contributed by atoms with Crippen LogP contribution in [0.3, 0.4) is 0 Å². The first-order valence-corrected chi connectivity index (χ1v) is 7.22. The van der Waals surface area contributed by atoms with Crippen molar-refractivity contribution in [3.8, 4) is 11.1 Å². The highest BCUT2D eigenvalue weighted by Crippen LogP contribution is 2.24. The lowest BCUT2D eigenvalue weighted by molar-refractivity contribution is 0.796. The van der Waals surface area contributed by atoms with Crippen LogP contribution in [0.2, 0.25) is 0 Å². The van der Waals surface area contributed by atoms with Crippen molar-refractivity contribution in [2.45, 2.75) is 26.2 Å². The van der Waals surface area contributed by atoms with E-state index < -0.39 is 0 Å². The van der Waals surface area contributed by atoms with Gasteiger partial charge in [-0.2, -0.15) is 0 Å². The van der Waals surface area contributed by atoms with E-state index in [2.05, 4.69) is 82.1 Å². The van der Waals surface area contributed by atoms with Crippen molar-refractivity contribution in [3.05, 3.63) is 66.5 Å². The number of nitrogens with zero attached hydrogens (tertiary/aromatic N) is 3. The first-order chi connectivity index (χ1) is 10.4. The van der Waals surface area contributed by atoms with Crippen LogP contribution in [0.1, 0.15) is 25.3 Å². The van der Waals surface area contributed by atoms with Crippen LogP contribution >= 0.6 is 0 Å². The average Bonchev–Trinajstić information content (AvgIpc) is 3.14.